The van der Waals surface area contributed by atoms with Crippen LogP contribution in [0.2, 0.25) is 10.0 Å². The van der Waals surface area contributed by atoms with Crippen molar-refractivity contribution in [1.82, 2.24) is 4.90 Å². The minimum absolute atomic E-state index is 0.0690. The van der Waals surface area contributed by atoms with E-state index >= 15 is 0 Å². The molecule has 0 N–H and O–H groups in total. The predicted octanol–water partition coefficient (Wildman–Crippen LogP) is 3.83. The smallest absolute Gasteiger partial charge is 0.252 e. The van der Waals surface area contributed by atoms with Crippen LogP contribution in [0, 0.1) is 0 Å². The van der Waals surface area contributed by atoms with Crippen molar-refractivity contribution in [1.29, 1.82) is 0 Å². The van der Waals surface area contributed by atoms with Gasteiger partial charge < -0.3 is 4.90 Å². The number of hydrogen-bond donors (Lipinski definition) is 0. The van der Waals surface area contributed by atoms with Crippen LogP contribution < -0.4 is 0 Å². The van der Waals surface area contributed by atoms with Crippen LogP contribution in [0.15, 0.2) is 53.5 Å². The van der Waals surface area contributed by atoms with Crippen molar-refractivity contribution < 1.29 is 13.2 Å². The molecule has 2 aliphatic rings. The summed E-state index contributed by atoms with van der Waals surface area (Å²) >= 11 is 13.6. The molecular weight excluding hydrogens is 451 g/mol. The Morgan fingerprint density at radius 1 is 1.10 bits per heavy atom. The lowest BCUT2D eigenvalue weighted by Crippen LogP contribution is -2.37. The molecule has 2 atom stereocenters. The van der Waals surface area contributed by atoms with E-state index in [4.69, 9.17) is 23.2 Å². The van der Waals surface area contributed by atoms with Gasteiger partial charge in [-0.2, -0.15) is 4.99 Å². The molecule has 2 aliphatic heterocycles. The molecule has 0 radical (unpaired) electrons. The van der Waals surface area contributed by atoms with Crippen molar-refractivity contribution >= 4 is 55.9 Å². The number of halogens is 2. The van der Waals surface area contributed by atoms with Gasteiger partial charge in [-0.05, 0) is 29.3 Å². The number of amidine groups is 1. The van der Waals surface area contributed by atoms with Gasteiger partial charge in [0.2, 0.25) is 0 Å². The molecule has 0 unspecified atom stereocenters. The van der Waals surface area contributed by atoms with Crippen LogP contribution >= 0.6 is 35.0 Å². The molecule has 1 amide bonds. The highest BCUT2D eigenvalue weighted by atomic mass is 35.5. The number of carbonyl (C=O) groups is 1. The molecule has 5 nitrogen and oxygen atoms in total. The molecule has 2 aromatic rings. The molecular formula is C20H18Cl2N2O3S2. The lowest BCUT2D eigenvalue weighted by Gasteiger charge is -2.25. The molecule has 9 heteroatoms. The highest BCUT2D eigenvalue weighted by Crippen LogP contribution is 2.39. The fourth-order valence-electron chi connectivity index (χ4n) is 3.55. The predicted molar refractivity (Wildman–Crippen MR) is 118 cm³/mol. The van der Waals surface area contributed by atoms with Gasteiger partial charge in [0.05, 0.1) is 24.0 Å². The summed E-state index contributed by atoms with van der Waals surface area (Å²) in [6.07, 6.45) is 0.162. The second-order valence-corrected chi connectivity index (χ2v) is 11.3. The fourth-order valence-corrected chi connectivity index (χ4v) is 7.84. The van der Waals surface area contributed by atoms with Gasteiger partial charge in [-0.25, -0.2) is 8.42 Å². The fraction of sp³-hybridized carbons (Fsp3) is 0.300. The molecule has 29 heavy (non-hydrogen) atoms. The quantitative estimate of drug-likeness (QED) is 0.681. The third kappa shape index (κ3) is 4.79. The molecule has 4 rings (SSSR count). The minimum atomic E-state index is -3.09. The number of fused-ring (bicyclic) bond motifs is 1. The molecule has 2 fully saturated rings. The summed E-state index contributed by atoms with van der Waals surface area (Å²) in [5.74, 6) is -0.104. The van der Waals surface area contributed by atoms with Gasteiger partial charge in [0.15, 0.2) is 15.0 Å². The number of sulfone groups is 1. The molecule has 2 heterocycles. The first-order valence-corrected chi connectivity index (χ1v) is 12.5. The van der Waals surface area contributed by atoms with Gasteiger partial charge >= 0.3 is 0 Å². The van der Waals surface area contributed by atoms with Crippen LogP contribution in [0.5, 0.6) is 0 Å². The third-order valence-electron chi connectivity index (χ3n) is 4.96. The number of aliphatic imine (C=N–C) groups is 1. The number of amides is 1. The number of carbonyl (C=O) groups excluding carboxylic acids is 1. The first-order valence-electron chi connectivity index (χ1n) is 9.04. The first-order chi connectivity index (χ1) is 13.8. The third-order valence-corrected chi connectivity index (χ3v) is 8.83. The van der Waals surface area contributed by atoms with Crippen LogP contribution in [0.3, 0.4) is 0 Å². The molecule has 0 saturated carbocycles. The highest BCUT2D eigenvalue weighted by Gasteiger charge is 2.48. The summed E-state index contributed by atoms with van der Waals surface area (Å²) in [6.45, 7) is 0.413. The van der Waals surface area contributed by atoms with Crippen LogP contribution in [0.1, 0.15) is 11.1 Å². The Hall–Kier alpha value is -1.54. The summed E-state index contributed by atoms with van der Waals surface area (Å²) in [5.41, 5.74) is 1.70. The zero-order valence-corrected chi connectivity index (χ0v) is 18.4. The van der Waals surface area contributed by atoms with Crippen molar-refractivity contribution in [2.24, 2.45) is 4.99 Å². The average molecular weight is 469 g/mol. The van der Waals surface area contributed by atoms with E-state index in [0.29, 0.717) is 21.8 Å². The Balaban J connectivity index is 1.58. The maximum atomic E-state index is 12.6. The summed E-state index contributed by atoms with van der Waals surface area (Å²) in [6, 6.07) is 14.3. The number of benzene rings is 2. The summed E-state index contributed by atoms with van der Waals surface area (Å²) in [7, 11) is -3.09. The van der Waals surface area contributed by atoms with Crippen molar-refractivity contribution in [2.75, 3.05) is 11.5 Å². The van der Waals surface area contributed by atoms with Crippen LogP contribution in [0.25, 0.3) is 0 Å². The monoisotopic (exact) mass is 468 g/mol. The Bertz CT molecular complexity index is 1070. The van der Waals surface area contributed by atoms with E-state index in [0.717, 1.165) is 11.1 Å². The average Bonchev–Trinajstić information content (AvgIpc) is 3.11. The van der Waals surface area contributed by atoms with Gasteiger partial charge in [-0.15, -0.1) is 0 Å². The summed E-state index contributed by atoms with van der Waals surface area (Å²) in [4.78, 5) is 18.8. The molecule has 2 aromatic carbocycles. The largest absolute Gasteiger partial charge is 0.342 e. The zero-order valence-electron chi connectivity index (χ0n) is 15.3. The van der Waals surface area contributed by atoms with Crippen LogP contribution in [-0.2, 0) is 27.6 Å². The minimum Gasteiger partial charge on any atom is -0.342 e. The van der Waals surface area contributed by atoms with E-state index in [1.54, 1.807) is 30.3 Å². The molecule has 2 saturated heterocycles. The zero-order chi connectivity index (χ0) is 20.6. The number of rotatable bonds is 4. The van der Waals surface area contributed by atoms with Gasteiger partial charge in [0.1, 0.15) is 0 Å². The van der Waals surface area contributed by atoms with Crippen LogP contribution in [-0.4, -0.2) is 47.2 Å². The maximum absolute atomic E-state index is 12.6. The second-order valence-electron chi connectivity index (χ2n) is 7.11. The van der Waals surface area contributed by atoms with Crippen molar-refractivity contribution in [3.8, 4) is 0 Å². The van der Waals surface area contributed by atoms with E-state index in [1.165, 1.54) is 11.8 Å². The number of nitrogens with zero attached hydrogens (tertiary/aromatic N) is 2. The topological polar surface area (TPSA) is 66.8 Å². The molecule has 0 aliphatic carbocycles. The Kier molecular flexibility index (Phi) is 5.93. The van der Waals surface area contributed by atoms with Gasteiger partial charge in [-0.3, -0.25) is 4.79 Å². The van der Waals surface area contributed by atoms with E-state index in [1.807, 2.05) is 23.1 Å². The van der Waals surface area contributed by atoms with E-state index < -0.39 is 9.84 Å². The van der Waals surface area contributed by atoms with Gasteiger partial charge in [0.25, 0.3) is 5.91 Å². The standard InChI is InChI=1S/C20H18Cl2N2O3S2/c21-15-7-5-13(6-8-15)9-19(25)23-20-24(10-14-3-1-2-4-16(14)22)17-11-29(26,27)12-18(17)28-20/h1-8,17-18H,9-12H2/t17-,18-/m1/s1. The summed E-state index contributed by atoms with van der Waals surface area (Å²) in [5, 5.41) is 1.66. The van der Waals surface area contributed by atoms with Gasteiger partial charge in [-0.1, -0.05) is 65.3 Å². The van der Waals surface area contributed by atoms with E-state index in [-0.39, 0.29) is 35.1 Å². The molecule has 0 bridgehead atoms. The van der Waals surface area contributed by atoms with Crippen molar-refractivity contribution in [3.05, 3.63) is 69.7 Å². The van der Waals surface area contributed by atoms with Crippen molar-refractivity contribution in [3.63, 3.8) is 0 Å². The SMILES string of the molecule is O=C(Cc1ccc(Cl)cc1)N=C1S[C@@H]2CS(=O)(=O)C[C@H]2N1Cc1ccccc1Cl. The first kappa shape index (κ1) is 20.7. The maximum Gasteiger partial charge on any atom is 0.252 e. The summed E-state index contributed by atoms with van der Waals surface area (Å²) < 4.78 is 24.2. The molecule has 0 spiro atoms. The number of thioether (sulfide) groups is 1. The number of hydrogen-bond acceptors (Lipinski definition) is 4. The Morgan fingerprint density at radius 2 is 1.83 bits per heavy atom. The lowest BCUT2D eigenvalue weighted by atomic mass is 10.1. The normalized spacial score (nSPS) is 24.1. The lowest BCUT2D eigenvalue weighted by molar-refractivity contribution is -0.117. The highest BCUT2D eigenvalue weighted by molar-refractivity contribution is 8.15. The second kappa shape index (κ2) is 8.30. The molecule has 152 valence electrons. The Labute approximate surface area is 184 Å². The van der Waals surface area contributed by atoms with Crippen LogP contribution in [0.4, 0.5) is 0 Å². The van der Waals surface area contributed by atoms with E-state index in [9.17, 15) is 13.2 Å². The van der Waals surface area contributed by atoms with Gasteiger partial charge in [0, 0.05) is 21.8 Å². The molecule has 0 aromatic heterocycles. The van der Waals surface area contributed by atoms with E-state index in [2.05, 4.69) is 4.99 Å². The Morgan fingerprint density at radius 3 is 2.55 bits per heavy atom. The van der Waals surface area contributed by atoms with Crippen molar-refractivity contribution in [2.45, 2.75) is 24.3 Å².